The van der Waals surface area contributed by atoms with Gasteiger partial charge in [-0.25, -0.2) is 13.8 Å². The van der Waals surface area contributed by atoms with Crippen LogP contribution in [0.1, 0.15) is 16.1 Å². The molecule has 1 aromatic heterocycles. The maximum absolute atomic E-state index is 12.7. The van der Waals surface area contributed by atoms with E-state index in [1.807, 2.05) is 5.32 Å². The molecule has 7 heteroatoms. The van der Waals surface area contributed by atoms with E-state index >= 15 is 0 Å². The highest BCUT2D eigenvalue weighted by molar-refractivity contribution is 6.29. The number of hydrogen-bond donors (Lipinski definition) is 2. The Labute approximate surface area is 102 Å². The van der Waals surface area contributed by atoms with Crippen molar-refractivity contribution in [1.29, 1.82) is 0 Å². The maximum Gasteiger partial charge on any atom is 0.287 e. The van der Waals surface area contributed by atoms with Gasteiger partial charge in [-0.1, -0.05) is 11.6 Å². The third kappa shape index (κ3) is 4.24. The molecule has 0 aliphatic heterocycles. The SMILES string of the molecule is Cc1cc(C(=O)NCC(F)(F)CO)cc(Cl)n1. The minimum atomic E-state index is -3.33. The summed E-state index contributed by atoms with van der Waals surface area (Å²) in [6.45, 7) is -0.615. The third-order valence-corrected chi connectivity index (χ3v) is 2.12. The minimum absolute atomic E-state index is 0.115. The molecule has 1 rings (SSSR count). The number of pyridine rings is 1. The van der Waals surface area contributed by atoms with E-state index in [-0.39, 0.29) is 10.7 Å². The Morgan fingerprint density at radius 3 is 2.76 bits per heavy atom. The molecule has 0 aromatic carbocycles. The number of aliphatic hydroxyl groups is 1. The van der Waals surface area contributed by atoms with Crippen LogP contribution in [-0.4, -0.2) is 35.1 Å². The van der Waals surface area contributed by atoms with Crippen molar-refractivity contribution >= 4 is 17.5 Å². The molecule has 1 amide bonds. The summed E-state index contributed by atoms with van der Waals surface area (Å²) in [6, 6.07) is 2.71. The van der Waals surface area contributed by atoms with Crippen molar-refractivity contribution in [3.05, 3.63) is 28.5 Å². The van der Waals surface area contributed by atoms with Gasteiger partial charge in [-0.3, -0.25) is 4.79 Å². The van der Waals surface area contributed by atoms with Crippen LogP contribution in [0.4, 0.5) is 8.78 Å². The van der Waals surface area contributed by atoms with Crippen molar-refractivity contribution in [3.63, 3.8) is 0 Å². The molecule has 1 heterocycles. The predicted octanol–water partition coefficient (Wildman–Crippen LogP) is 1.40. The van der Waals surface area contributed by atoms with Crippen LogP contribution in [-0.2, 0) is 0 Å². The molecule has 0 aliphatic carbocycles. The molecule has 4 nitrogen and oxygen atoms in total. The van der Waals surface area contributed by atoms with E-state index in [9.17, 15) is 13.6 Å². The number of halogens is 3. The lowest BCUT2D eigenvalue weighted by molar-refractivity contribution is -0.0462. The number of hydrogen-bond acceptors (Lipinski definition) is 3. The summed E-state index contributed by atoms with van der Waals surface area (Å²) >= 11 is 5.63. The molecule has 1 aromatic rings. The first-order valence-corrected chi connectivity index (χ1v) is 5.13. The topological polar surface area (TPSA) is 62.2 Å². The van der Waals surface area contributed by atoms with Gasteiger partial charge in [-0.2, -0.15) is 0 Å². The molecule has 94 valence electrons. The Bertz CT molecular complexity index is 407. The van der Waals surface area contributed by atoms with E-state index in [4.69, 9.17) is 16.7 Å². The van der Waals surface area contributed by atoms with Gasteiger partial charge in [0.15, 0.2) is 0 Å². The zero-order valence-corrected chi connectivity index (χ0v) is 9.76. The van der Waals surface area contributed by atoms with Crippen LogP contribution < -0.4 is 5.32 Å². The van der Waals surface area contributed by atoms with Gasteiger partial charge in [0.1, 0.15) is 11.8 Å². The van der Waals surface area contributed by atoms with Gasteiger partial charge in [0, 0.05) is 11.3 Å². The number of rotatable bonds is 4. The zero-order valence-electron chi connectivity index (χ0n) is 9.01. The summed E-state index contributed by atoms with van der Waals surface area (Å²) in [7, 11) is 0. The minimum Gasteiger partial charge on any atom is -0.390 e. The van der Waals surface area contributed by atoms with E-state index in [1.165, 1.54) is 12.1 Å². The summed E-state index contributed by atoms with van der Waals surface area (Å²) < 4.78 is 25.4. The van der Waals surface area contributed by atoms with E-state index < -0.39 is 25.0 Å². The lowest BCUT2D eigenvalue weighted by Crippen LogP contribution is -2.39. The molecule has 17 heavy (non-hydrogen) atoms. The van der Waals surface area contributed by atoms with E-state index in [0.717, 1.165) is 0 Å². The van der Waals surface area contributed by atoms with Crippen LogP contribution in [0.5, 0.6) is 0 Å². The van der Waals surface area contributed by atoms with Crippen LogP contribution in [0.3, 0.4) is 0 Å². The number of carbonyl (C=O) groups is 1. The number of alkyl halides is 2. The van der Waals surface area contributed by atoms with Crippen LogP contribution in [0.25, 0.3) is 0 Å². The fourth-order valence-corrected chi connectivity index (χ4v) is 1.38. The summed E-state index contributed by atoms with van der Waals surface area (Å²) in [6.07, 6.45) is 0. The van der Waals surface area contributed by atoms with Crippen LogP contribution in [0.15, 0.2) is 12.1 Å². The largest absolute Gasteiger partial charge is 0.390 e. The molecule has 2 N–H and O–H groups in total. The monoisotopic (exact) mass is 264 g/mol. The molecule has 0 unspecified atom stereocenters. The number of nitrogens with zero attached hydrogens (tertiary/aromatic N) is 1. The molecule has 0 radical (unpaired) electrons. The summed E-state index contributed by atoms with van der Waals surface area (Å²) in [5, 5.41) is 10.5. The fourth-order valence-electron chi connectivity index (χ4n) is 1.13. The molecular weight excluding hydrogens is 254 g/mol. The number of aromatic nitrogens is 1. The zero-order chi connectivity index (χ0) is 13.1. The molecule has 0 bridgehead atoms. The third-order valence-electron chi connectivity index (χ3n) is 1.92. The lowest BCUT2D eigenvalue weighted by Gasteiger charge is -2.14. The molecule has 0 saturated carbocycles. The quantitative estimate of drug-likeness (QED) is 0.808. The van der Waals surface area contributed by atoms with Crippen LogP contribution in [0.2, 0.25) is 5.15 Å². The van der Waals surface area contributed by atoms with Crippen molar-refractivity contribution in [2.24, 2.45) is 0 Å². The summed E-state index contributed by atoms with van der Waals surface area (Å²) in [5.74, 6) is -4.02. The van der Waals surface area contributed by atoms with Gasteiger partial charge >= 0.3 is 0 Å². The smallest absolute Gasteiger partial charge is 0.287 e. The second-order valence-corrected chi connectivity index (χ2v) is 3.90. The van der Waals surface area contributed by atoms with Gasteiger partial charge in [0.05, 0.1) is 6.54 Å². The number of nitrogens with one attached hydrogen (secondary N) is 1. The number of carbonyl (C=O) groups excluding carboxylic acids is 1. The predicted molar refractivity (Wildman–Crippen MR) is 58.4 cm³/mol. The van der Waals surface area contributed by atoms with E-state index in [0.29, 0.717) is 5.69 Å². The maximum atomic E-state index is 12.7. The van der Waals surface area contributed by atoms with E-state index in [2.05, 4.69) is 4.98 Å². The molecule has 0 spiro atoms. The lowest BCUT2D eigenvalue weighted by atomic mass is 10.2. The first kappa shape index (κ1) is 13.8. The Hall–Kier alpha value is -1.27. The highest BCUT2D eigenvalue weighted by atomic mass is 35.5. The molecule has 0 saturated heterocycles. The Kier molecular flexibility index (Phi) is 4.36. The number of amides is 1. The standard InChI is InChI=1S/C10H11ClF2N2O2/c1-6-2-7(3-8(11)15-6)9(17)14-4-10(12,13)5-16/h2-3,16H,4-5H2,1H3,(H,14,17). The Balaban J connectivity index is 2.70. The first-order valence-electron chi connectivity index (χ1n) is 4.75. The Morgan fingerprint density at radius 1 is 1.59 bits per heavy atom. The average molecular weight is 265 g/mol. The summed E-state index contributed by atoms with van der Waals surface area (Å²) in [4.78, 5) is 15.3. The average Bonchev–Trinajstić information content (AvgIpc) is 2.24. The van der Waals surface area contributed by atoms with Crippen molar-refractivity contribution in [1.82, 2.24) is 10.3 Å². The highest BCUT2D eigenvalue weighted by Gasteiger charge is 2.28. The second kappa shape index (κ2) is 5.37. The van der Waals surface area contributed by atoms with Gasteiger partial charge < -0.3 is 10.4 Å². The second-order valence-electron chi connectivity index (χ2n) is 3.52. The summed E-state index contributed by atoms with van der Waals surface area (Å²) in [5.41, 5.74) is 0.660. The van der Waals surface area contributed by atoms with Crippen molar-refractivity contribution in [3.8, 4) is 0 Å². The van der Waals surface area contributed by atoms with Crippen LogP contribution in [0, 0.1) is 6.92 Å². The first-order chi connectivity index (χ1) is 7.84. The fraction of sp³-hybridized carbons (Fsp3) is 0.400. The molecule has 0 aliphatic rings. The van der Waals surface area contributed by atoms with Crippen LogP contribution >= 0.6 is 11.6 Å². The molecule has 0 fully saturated rings. The molecular formula is C10H11ClF2N2O2. The molecule has 0 atom stereocenters. The van der Waals surface area contributed by atoms with Gasteiger partial charge in [-0.05, 0) is 19.1 Å². The Morgan fingerprint density at radius 2 is 2.24 bits per heavy atom. The van der Waals surface area contributed by atoms with Gasteiger partial charge in [0.2, 0.25) is 0 Å². The van der Waals surface area contributed by atoms with Crippen molar-refractivity contribution < 1.29 is 18.7 Å². The highest BCUT2D eigenvalue weighted by Crippen LogP contribution is 2.12. The number of aliphatic hydroxyl groups excluding tert-OH is 1. The van der Waals surface area contributed by atoms with E-state index in [1.54, 1.807) is 6.92 Å². The van der Waals surface area contributed by atoms with Gasteiger partial charge in [0.25, 0.3) is 11.8 Å². The number of aryl methyl sites for hydroxylation is 1. The van der Waals surface area contributed by atoms with Crippen molar-refractivity contribution in [2.45, 2.75) is 12.8 Å². The normalized spacial score (nSPS) is 11.4. The van der Waals surface area contributed by atoms with Crippen molar-refractivity contribution in [2.75, 3.05) is 13.2 Å². The van der Waals surface area contributed by atoms with Gasteiger partial charge in [-0.15, -0.1) is 0 Å².